The molecule has 0 aromatic rings. The van der Waals surface area contributed by atoms with Crippen molar-refractivity contribution >= 4 is 0 Å². The second kappa shape index (κ2) is 16.7. The number of rotatable bonds is 14. The molecule has 0 aliphatic carbocycles. The van der Waals surface area contributed by atoms with Gasteiger partial charge in [-0.1, -0.05) is 90.9 Å². The van der Waals surface area contributed by atoms with Crippen molar-refractivity contribution in [1.29, 1.82) is 0 Å². The number of hydrogen-bond donors (Lipinski definition) is 0. The molecule has 1 nitrogen and oxygen atoms in total. The minimum Gasteiger partial charge on any atom is -0.303 e. The second-order valence-corrected chi connectivity index (χ2v) is 7.61. The molecular formula is C21H44FN. The molecule has 1 aliphatic heterocycles. The Labute approximate surface area is 146 Å². The first kappa shape index (κ1) is 22.9. The highest BCUT2D eigenvalue weighted by atomic mass is 19.0. The maximum absolute atomic E-state index is 2.73. The summed E-state index contributed by atoms with van der Waals surface area (Å²) >= 11 is 0. The van der Waals surface area contributed by atoms with Gasteiger partial charge in [-0.2, -0.15) is 0 Å². The van der Waals surface area contributed by atoms with E-state index in [0.29, 0.717) is 0 Å². The number of halogens is 1. The summed E-state index contributed by atoms with van der Waals surface area (Å²) in [5.41, 5.74) is 0. The van der Waals surface area contributed by atoms with Gasteiger partial charge in [-0.25, -0.2) is 0 Å². The summed E-state index contributed by atoms with van der Waals surface area (Å²) in [5, 5.41) is 0. The van der Waals surface area contributed by atoms with Gasteiger partial charge in [-0.3, -0.25) is 4.70 Å². The Morgan fingerprint density at radius 2 is 1.13 bits per heavy atom. The molecule has 0 spiro atoms. The summed E-state index contributed by atoms with van der Waals surface area (Å²) in [7, 11) is 0. The van der Waals surface area contributed by atoms with Crippen LogP contribution in [0, 0.1) is 5.92 Å². The zero-order valence-electron chi connectivity index (χ0n) is 16.2. The van der Waals surface area contributed by atoms with Crippen LogP contribution in [0.5, 0.6) is 0 Å². The molecule has 1 rings (SSSR count). The second-order valence-electron chi connectivity index (χ2n) is 7.61. The molecule has 2 heteroatoms. The van der Waals surface area contributed by atoms with Crippen molar-refractivity contribution in [2.75, 3.05) is 19.6 Å². The van der Waals surface area contributed by atoms with E-state index in [4.69, 9.17) is 0 Å². The minimum atomic E-state index is 0. The summed E-state index contributed by atoms with van der Waals surface area (Å²) in [6.45, 7) is 8.75. The zero-order chi connectivity index (χ0) is 15.9. The number of unbranched alkanes of at least 4 members (excludes halogenated alkanes) is 10. The topological polar surface area (TPSA) is 3.24 Å². The normalized spacial score (nSPS) is 16.4. The van der Waals surface area contributed by atoms with Crippen molar-refractivity contribution in [3.05, 3.63) is 0 Å². The van der Waals surface area contributed by atoms with Crippen LogP contribution in [0.25, 0.3) is 0 Å². The van der Waals surface area contributed by atoms with Gasteiger partial charge < -0.3 is 4.90 Å². The lowest BCUT2D eigenvalue weighted by Crippen LogP contribution is -2.34. The van der Waals surface area contributed by atoms with Crippen LogP contribution in [0.1, 0.15) is 110 Å². The molecule has 0 atom stereocenters. The third-order valence-corrected chi connectivity index (χ3v) is 5.50. The van der Waals surface area contributed by atoms with Crippen molar-refractivity contribution < 1.29 is 4.70 Å². The zero-order valence-corrected chi connectivity index (χ0v) is 16.2. The Morgan fingerprint density at radius 3 is 1.65 bits per heavy atom. The van der Waals surface area contributed by atoms with Crippen LogP contribution in [-0.2, 0) is 0 Å². The highest BCUT2D eigenvalue weighted by Gasteiger charge is 2.17. The van der Waals surface area contributed by atoms with E-state index in [0.717, 1.165) is 5.92 Å². The monoisotopic (exact) mass is 329 g/mol. The van der Waals surface area contributed by atoms with Gasteiger partial charge >= 0.3 is 0 Å². The molecule has 0 saturated carbocycles. The molecule has 1 aliphatic rings. The standard InChI is InChI=1S/C21H43N.FH/c1-3-5-7-8-9-10-11-12-13-14-18-22-19-16-21(17-20-22)15-6-4-2;/h21H,3-20H2,1-2H3;1H. The third-order valence-electron chi connectivity index (χ3n) is 5.50. The van der Waals surface area contributed by atoms with E-state index in [1.165, 1.54) is 116 Å². The van der Waals surface area contributed by atoms with E-state index in [2.05, 4.69) is 18.7 Å². The average Bonchev–Trinajstić information content (AvgIpc) is 2.56. The van der Waals surface area contributed by atoms with Crippen LogP contribution < -0.4 is 0 Å². The van der Waals surface area contributed by atoms with Gasteiger partial charge in [0.05, 0.1) is 0 Å². The van der Waals surface area contributed by atoms with Crippen LogP contribution in [0.2, 0.25) is 0 Å². The highest BCUT2D eigenvalue weighted by molar-refractivity contribution is 4.72. The first-order valence-electron chi connectivity index (χ1n) is 10.6. The van der Waals surface area contributed by atoms with Gasteiger partial charge in [0.1, 0.15) is 0 Å². The van der Waals surface area contributed by atoms with Crippen molar-refractivity contribution in [1.82, 2.24) is 4.90 Å². The fourth-order valence-corrected chi connectivity index (χ4v) is 3.81. The molecule has 0 N–H and O–H groups in total. The molecule has 0 unspecified atom stereocenters. The molecule has 1 saturated heterocycles. The lowest BCUT2D eigenvalue weighted by Gasteiger charge is -2.32. The van der Waals surface area contributed by atoms with Gasteiger partial charge in [-0.15, -0.1) is 0 Å². The number of likely N-dealkylation sites (tertiary alicyclic amines) is 1. The Hall–Kier alpha value is -0.110. The molecule has 23 heavy (non-hydrogen) atoms. The molecule has 0 bridgehead atoms. The maximum Gasteiger partial charge on any atom is -0.00161 e. The largest absolute Gasteiger partial charge is 0.303 e. The SMILES string of the molecule is CCCCCCCCCCCCN1CCC(CCCC)CC1.F. The Bertz CT molecular complexity index is 224. The van der Waals surface area contributed by atoms with Crippen molar-refractivity contribution in [2.24, 2.45) is 5.92 Å². The van der Waals surface area contributed by atoms with Crippen LogP contribution in [0.3, 0.4) is 0 Å². The maximum atomic E-state index is 2.73. The predicted octanol–water partition coefficient (Wildman–Crippen LogP) is 6.96. The lowest BCUT2D eigenvalue weighted by atomic mass is 9.91. The molecule has 140 valence electrons. The van der Waals surface area contributed by atoms with E-state index in [1.54, 1.807) is 0 Å². The summed E-state index contributed by atoms with van der Waals surface area (Å²) < 4.78 is 0. The molecule has 0 amide bonds. The minimum absolute atomic E-state index is 0. The predicted molar refractivity (Wildman–Crippen MR) is 103 cm³/mol. The van der Waals surface area contributed by atoms with Crippen molar-refractivity contribution in [2.45, 2.75) is 110 Å². The fraction of sp³-hybridized carbons (Fsp3) is 1.00. The molecule has 0 aromatic heterocycles. The third kappa shape index (κ3) is 12.9. The highest BCUT2D eigenvalue weighted by Crippen LogP contribution is 2.22. The number of hydrogen-bond acceptors (Lipinski definition) is 1. The van der Waals surface area contributed by atoms with Gasteiger partial charge in [-0.05, 0) is 44.8 Å². The summed E-state index contributed by atoms with van der Waals surface area (Å²) in [6.07, 6.45) is 21.8. The summed E-state index contributed by atoms with van der Waals surface area (Å²) in [6, 6.07) is 0. The van der Waals surface area contributed by atoms with Gasteiger partial charge in [0.15, 0.2) is 0 Å². The molecule has 0 radical (unpaired) electrons. The van der Waals surface area contributed by atoms with Crippen LogP contribution >= 0.6 is 0 Å². The fourth-order valence-electron chi connectivity index (χ4n) is 3.81. The van der Waals surface area contributed by atoms with E-state index < -0.39 is 0 Å². The molecular weight excluding hydrogens is 285 g/mol. The van der Waals surface area contributed by atoms with E-state index in [9.17, 15) is 0 Å². The lowest BCUT2D eigenvalue weighted by molar-refractivity contribution is 0.174. The summed E-state index contributed by atoms with van der Waals surface area (Å²) in [4.78, 5) is 2.73. The Kier molecular flexibility index (Phi) is 16.7. The van der Waals surface area contributed by atoms with Crippen LogP contribution in [-0.4, -0.2) is 24.5 Å². The van der Waals surface area contributed by atoms with Gasteiger partial charge in [0, 0.05) is 0 Å². The first-order chi connectivity index (χ1) is 10.9. The van der Waals surface area contributed by atoms with Crippen LogP contribution in [0.4, 0.5) is 4.70 Å². The summed E-state index contributed by atoms with van der Waals surface area (Å²) in [5.74, 6) is 1.05. The quantitative estimate of drug-likeness (QED) is 0.311. The first-order valence-corrected chi connectivity index (χ1v) is 10.6. The molecule has 1 fully saturated rings. The van der Waals surface area contributed by atoms with E-state index in [-0.39, 0.29) is 4.70 Å². The van der Waals surface area contributed by atoms with Crippen molar-refractivity contribution in [3.8, 4) is 0 Å². The molecule has 0 aromatic carbocycles. The van der Waals surface area contributed by atoms with Crippen molar-refractivity contribution in [3.63, 3.8) is 0 Å². The van der Waals surface area contributed by atoms with Gasteiger partial charge in [0.2, 0.25) is 0 Å². The van der Waals surface area contributed by atoms with Gasteiger partial charge in [0.25, 0.3) is 0 Å². The Balaban J connectivity index is 0.00000484. The number of nitrogens with zero attached hydrogens (tertiary/aromatic N) is 1. The van der Waals surface area contributed by atoms with E-state index >= 15 is 0 Å². The average molecular weight is 330 g/mol. The van der Waals surface area contributed by atoms with E-state index in [1.807, 2.05) is 0 Å². The van der Waals surface area contributed by atoms with Crippen LogP contribution in [0.15, 0.2) is 0 Å². The number of piperidine rings is 1. The smallest absolute Gasteiger partial charge is 0.00161 e. The molecule has 1 heterocycles. The Morgan fingerprint density at radius 1 is 0.652 bits per heavy atom.